The maximum Gasteiger partial charge on any atom is 0.125 e. The topological polar surface area (TPSA) is 25.2 Å². The van der Waals surface area contributed by atoms with Crippen molar-refractivity contribution < 1.29 is 4.42 Å². The Hall–Kier alpha value is -0.770. The van der Waals surface area contributed by atoms with E-state index >= 15 is 0 Å². The first-order valence-electron chi connectivity index (χ1n) is 5.87. The Morgan fingerprint density at radius 3 is 2.72 bits per heavy atom. The Morgan fingerprint density at radius 1 is 1.33 bits per heavy atom. The summed E-state index contributed by atoms with van der Waals surface area (Å²) >= 11 is 9.77. The van der Waals surface area contributed by atoms with Crippen LogP contribution in [0.5, 0.6) is 0 Å². The van der Waals surface area contributed by atoms with E-state index < -0.39 is 0 Å². The lowest BCUT2D eigenvalue weighted by molar-refractivity contribution is 0.434. The molecule has 0 fully saturated rings. The van der Waals surface area contributed by atoms with Crippen molar-refractivity contribution >= 4 is 27.5 Å². The minimum Gasteiger partial charge on any atom is -0.464 e. The second-order valence-corrected chi connectivity index (χ2v) is 5.25. The van der Waals surface area contributed by atoms with E-state index in [1.54, 1.807) is 0 Å². The summed E-state index contributed by atoms with van der Waals surface area (Å²) in [5.74, 6) is 1.87. The fraction of sp³-hybridized carbons (Fsp3) is 0.286. The average molecular weight is 329 g/mol. The van der Waals surface area contributed by atoms with Crippen molar-refractivity contribution in [2.24, 2.45) is 0 Å². The molecule has 0 saturated heterocycles. The summed E-state index contributed by atoms with van der Waals surface area (Å²) in [6.45, 7) is 2.07. The van der Waals surface area contributed by atoms with Crippen LogP contribution in [0.3, 0.4) is 0 Å². The third-order valence-corrected chi connectivity index (χ3v) is 4.21. The van der Waals surface area contributed by atoms with E-state index in [4.69, 9.17) is 16.0 Å². The molecule has 0 amide bonds. The van der Waals surface area contributed by atoms with Crippen LogP contribution in [-0.2, 0) is 6.42 Å². The summed E-state index contributed by atoms with van der Waals surface area (Å²) in [7, 11) is 1.90. The summed E-state index contributed by atoms with van der Waals surface area (Å²) in [5, 5.41) is 3.96. The van der Waals surface area contributed by atoms with E-state index in [2.05, 4.69) is 28.2 Å². The molecule has 0 aliphatic carbocycles. The summed E-state index contributed by atoms with van der Waals surface area (Å²) in [4.78, 5) is 0. The zero-order valence-corrected chi connectivity index (χ0v) is 12.7. The second-order valence-electron chi connectivity index (χ2n) is 4.02. The number of aryl methyl sites for hydroxylation is 1. The number of benzene rings is 1. The molecule has 2 aromatic rings. The van der Waals surface area contributed by atoms with Gasteiger partial charge in [-0.15, -0.1) is 0 Å². The lowest BCUT2D eigenvalue weighted by Gasteiger charge is -2.16. The van der Waals surface area contributed by atoms with Gasteiger partial charge in [0.05, 0.1) is 11.1 Å². The smallest absolute Gasteiger partial charge is 0.125 e. The van der Waals surface area contributed by atoms with Crippen molar-refractivity contribution in [2.45, 2.75) is 19.4 Å². The Bertz CT molecular complexity index is 538. The first kappa shape index (κ1) is 13.7. The minimum absolute atomic E-state index is 0.0321. The van der Waals surface area contributed by atoms with E-state index in [0.29, 0.717) is 5.02 Å². The van der Waals surface area contributed by atoms with Crippen molar-refractivity contribution in [2.75, 3.05) is 7.05 Å². The quantitative estimate of drug-likeness (QED) is 0.889. The molecule has 4 heteroatoms. The molecule has 0 aliphatic rings. The van der Waals surface area contributed by atoms with Gasteiger partial charge >= 0.3 is 0 Å². The van der Waals surface area contributed by atoms with Crippen LogP contribution >= 0.6 is 27.5 Å². The highest BCUT2D eigenvalue weighted by molar-refractivity contribution is 9.10. The third kappa shape index (κ3) is 2.63. The van der Waals surface area contributed by atoms with Crippen molar-refractivity contribution in [3.63, 3.8) is 0 Å². The predicted octanol–water partition coefficient (Wildman–Crippen LogP) is 4.57. The van der Waals surface area contributed by atoms with Crippen LogP contribution in [0.1, 0.15) is 30.0 Å². The summed E-state index contributed by atoms with van der Waals surface area (Å²) < 4.78 is 6.69. The van der Waals surface area contributed by atoms with Crippen LogP contribution in [-0.4, -0.2) is 7.05 Å². The van der Waals surface area contributed by atoms with Crippen molar-refractivity contribution in [3.8, 4) is 0 Å². The van der Waals surface area contributed by atoms with Crippen LogP contribution in [0.2, 0.25) is 5.02 Å². The maximum atomic E-state index is 6.33. The molecular formula is C14H15BrClNO. The second kappa shape index (κ2) is 5.91. The molecule has 2 rings (SSSR count). The largest absolute Gasteiger partial charge is 0.464 e. The molecule has 2 nitrogen and oxygen atoms in total. The first-order valence-corrected chi connectivity index (χ1v) is 7.04. The molecule has 1 atom stereocenters. The SMILES string of the molecule is CCc1ccc(C(NC)c2cccc(Br)c2Cl)o1. The van der Waals surface area contributed by atoms with Crippen LogP contribution in [0.25, 0.3) is 0 Å². The van der Waals surface area contributed by atoms with Gasteiger partial charge in [0.1, 0.15) is 11.5 Å². The average Bonchev–Trinajstić information content (AvgIpc) is 2.84. The fourth-order valence-electron chi connectivity index (χ4n) is 1.93. The van der Waals surface area contributed by atoms with E-state index in [-0.39, 0.29) is 6.04 Å². The highest BCUT2D eigenvalue weighted by atomic mass is 79.9. The third-order valence-electron chi connectivity index (χ3n) is 2.90. The molecule has 18 heavy (non-hydrogen) atoms. The Morgan fingerprint density at radius 2 is 2.11 bits per heavy atom. The standard InChI is InChI=1S/C14H15BrClNO/c1-3-9-7-8-12(18-9)14(17-2)10-5-4-6-11(15)13(10)16/h4-8,14,17H,3H2,1-2H3. The molecule has 1 N–H and O–H groups in total. The van der Waals surface area contributed by atoms with Crippen LogP contribution in [0.4, 0.5) is 0 Å². The van der Waals surface area contributed by atoms with Crippen molar-refractivity contribution in [1.29, 1.82) is 0 Å². The molecule has 0 bridgehead atoms. The molecule has 0 spiro atoms. The van der Waals surface area contributed by atoms with Gasteiger partial charge in [0.25, 0.3) is 0 Å². The number of hydrogen-bond acceptors (Lipinski definition) is 2. The van der Waals surface area contributed by atoms with E-state index in [0.717, 1.165) is 28.0 Å². The van der Waals surface area contributed by atoms with Crippen molar-refractivity contribution in [1.82, 2.24) is 5.32 Å². The van der Waals surface area contributed by atoms with Gasteiger partial charge in [0.15, 0.2) is 0 Å². The zero-order valence-electron chi connectivity index (χ0n) is 10.3. The van der Waals surface area contributed by atoms with Gasteiger partial charge in [-0.2, -0.15) is 0 Å². The van der Waals surface area contributed by atoms with Crippen molar-refractivity contribution in [3.05, 3.63) is 56.9 Å². The van der Waals surface area contributed by atoms with Gasteiger partial charge in [-0.05, 0) is 46.7 Å². The van der Waals surface area contributed by atoms with Gasteiger partial charge in [-0.25, -0.2) is 0 Å². The molecular weight excluding hydrogens is 314 g/mol. The van der Waals surface area contributed by atoms with E-state index in [9.17, 15) is 0 Å². The maximum absolute atomic E-state index is 6.33. The van der Waals surface area contributed by atoms with Crippen LogP contribution < -0.4 is 5.32 Å². The van der Waals surface area contributed by atoms with Crippen LogP contribution in [0.15, 0.2) is 39.2 Å². The first-order chi connectivity index (χ1) is 8.67. The summed E-state index contributed by atoms with van der Waals surface area (Å²) in [6, 6.07) is 9.87. The lowest BCUT2D eigenvalue weighted by Crippen LogP contribution is -2.17. The summed E-state index contributed by atoms with van der Waals surface area (Å²) in [6.07, 6.45) is 0.892. The molecule has 1 aromatic heterocycles. The molecule has 96 valence electrons. The normalized spacial score (nSPS) is 12.7. The van der Waals surface area contributed by atoms with Gasteiger partial charge in [0, 0.05) is 10.9 Å². The molecule has 0 aliphatic heterocycles. The molecule has 1 aromatic carbocycles. The van der Waals surface area contributed by atoms with Gasteiger partial charge < -0.3 is 9.73 Å². The number of nitrogens with one attached hydrogen (secondary N) is 1. The number of halogens is 2. The van der Waals surface area contributed by atoms with Gasteiger partial charge in [0.2, 0.25) is 0 Å². The molecule has 0 saturated carbocycles. The van der Waals surface area contributed by atoms with Crippen LogP contribution in [0, 0.1) is 0 Å². The highest BCUT2D eigenvalue weighted by Crippen LogP contribution is 2.33. The Balaban J connectivity index is 2.41. The fourth-order valence-corrected chi connectivity index (χ4v) is 2.55. The molecule has 1 unspecified atom stereocenters. The van der Waals surface area contributed by atoms with Gasteiger partial charge in [-0.3, -0.25) is 0 Å². The Labute approximate surface area is 120 Å². The predicted molar refractivity (Wildman–Crippen MR) is 78.1 cm³/mol. The minimum atomic E-state index is -0.0321. The zero-order chi connectivity index (χ0) is 13.1. The van der Waals surface area contributed by atoms with E-state index in [1.165, 1.54) is 0 Å². The molecule has 1 heterocycles. The van der Waals surface area contributed by atoms with Gasteiger partial charge in [-0.1, -0.05) is 30.7 Å². The summed E-state index contributed by atoms with van der Waals surface area (Å²) in [5.41, 5.74) is 1.01. The number of rotatable bonds is 4. The monoisotopic (exact) mass is 327 g/mol. The lowest BCUT2D eigenvalue weighted by atomic mass is 10.0. The Kier molecular flexibility index (Phi) is 4.49. The molecule has 0 radical (unpaired) electrons. The number of hydrogen-bond donors (Lipinski definition) is 1. The highest BCUT2D eigenvalue weighted by Gasteiger charge is 2.19. The number of furan rings is 1. The van der Waals surface area contributed by atoms with E-state index in [1.807, 2.05) is 37.4 Å².